The van der Waals surface area contributed by atoms with Gasteiger partial charge in [-0.2, -0.15) is 5.26 Å². The summed E-state index contributed by atoms with van der Waals surface area (Å²) in [5.74, 6) is 0.789. The molecular formula is C17H23NO2. The highest BCUT2D eigenvalue weighted by Crippen LogP contribution is 2.36. The molecule has 0 heterocycles. The van der Waals surface area contributed by atoms with Gasteiger partial charge >= 0.3 is 0 Å². The van der Waals surface area contributed by atoms with E-state index in [1.54, 1.807) is 12.1 Å². The van der Waals surface area contributed by atoms with Crippen molar-refractivity contribution in [3.05, 3.63) is 29.8 Å². The molecule has 0 aliphatic heterocycles. The minimum atomic E-state index is 0.396. The van der Waals surface area contributed by atoms with Gasteiger partial charge in [-0.15, -0.1) is 0 Å². The van der Waals surface area contributed by atoms with Crippen molar-refractivity contribution in [3.63, 3.8) is 0 Å². The number of nitrogens with zero attached hydrogens (tertiary/aromatic N) is 1. The van der Waals surface area contributed by atoms with Gasteiger partial charge in [-0.1, -0.05) is 13.8 Å². The molecule has 0 aromatic heterocycles. The van der Waals surface area contributed by atoms with Gasteiger partial charge in [0.25, 0.3) is 0 Å². The van der Waals surface area contributed by atoms with E-state index in [1.165, 1.54) is 12.8 Å². The third kappa shape index (κ3) is 4.54. The van der Waals surface area contributed by atoms with Crippen LogP contribution in [-0.2, 0) is 4.74 Å². The molecule has 108 valence electrons. The summed E-state index contributed by atoms with van der Waals surface area (Å²) >= 11 is 0. The molecule has 0 unspecified atom stereocenters. The Hall–Kier alpha value is -1.53. The molecule has 0 radical (unpaired) electrons. The maximum atomic E-state index is 8.71. The van der Waals surface area contributed by atoms with Gasteiger partial charge in [0.15, 0.2) is 0 Å². The molecule has 1 aromatic rings. The lowest BCUT2D eigenvalue weighted by atomic mass is 9.76. The summed E-state index contributed by atoms with van der Waals surface area (Å²) < 4.78 is 11.5. The van der Waals surface area contributed by atoms with Crippen molar-refractivity contribution in [2.45, 2.75) is 45.6 Å². The van der Waals surface area contributed by atoms with Gasteiger partial charge < -0.3 is 9.47 Å². The summed E-state index contributed by atoms with van der Waals surface area (Å²) in [5, 5.41) is 8.71. The Morgan fingerprint density at radius 3 is 2.40 bits per heavy atom. The van der Waals surface area contributed by atoms with E-state index >= 15 is 0 Å². The Balaban J connectivity index is 1.63. The van der Waals surface area contributed by atoms with Gasteiger partial charge in [-0.05, 0) is 55.4 Å². The molecule has 1 aliphatic carbocycles. The van der Waals surface area contributed by atoms with Gasteiger partial charge in [0.2, 0.25) is 0 Å². The zero-order chi connectivity index (χ0) is 14.4. The maximum absolute atomic E-state index is 8.71. The molecule has 2 rings (SSSR count). The van der Waals surface area contributed by atoms with Crippen molar-refractivity contribution in [1.82, 2.24) is 0 Å². The number of ether oxygens (including phenoxy) is 2. The molecule has 0 atom stereocenters. The van der Waals surface area contributed by atoms with Crippen molar-refractivity contribution < 1.29 is 9.47 Å². The van der Waals surface area contributed by atoms with Crippen LogP contribution in [0.1, 0.15) is 45.1 Å². The Morgan fingerprint density at radius 2 is 1.80 bits per heavy atom. The van der Waals surface area contributed by atoms with Crippen LogP contribution in [0.4, 0.5) is 0 Å². The van der Waals surface area contributed by atoms with E-state index in [0.717, 1.165) is 18.6 Å². The topological polar surface area (TPSA) is 42.2 Å². The highest BCUT2D eigenvalue weighted by Gasteiger charge is 2.26. The monoisotopic (exact) mass is 273 g/mol. The SMILES string of the molecule is CC1(C)CCC(OCCOc2ccc(C#N)cc2)CC1. The zero-order valence-electron chi connectivity index (χ0n) is 12.4. The zero-order valence-corrected chi connectivity index (χ0v) is 12.4. The molecule has 1 aliphatic rings. The Kier molecular flexibility index (Phi) is 5.03. The largest absolute Gasteiger partial charge is 0.491 e. The molecule has 3 heteroatoms. The second kappa shape index (κ2) is 6.76. The third-order valence-corrected chi connectivity index (χ3v) is 3.98. The Bertz CT molecular complexity index is 449. The van der Waals surface area contributed by atoms with Crippen LogP contribution in [0.2, 0.25) is 0 Å². The lowest BCUT2D eigenvalue weighted by molar-refractivity contribution is -0.00732. The van der Waals surface area contributed by atoms with Crippen LogP contribution < -0.4 is 4.74 Å². The summed E-state index contributed by atoms with van der Waals surface area (Å²) in [6, 6.07) is 9.26. The number of nitriles is 1. The van der Waals surface area contributed by atoms with Crippen molar-refractivity contribution >= 4 is 0 Å². The van der Waals surface area contributed by atoms with E-state index in [9.17, 15) is 0 Å². The standard InChI is InChI=1S/C17H23NO2/c1-17(2)9-7-16(8-10-17)20-12-11-19-15-5-3-14(13-18)4-6-15/h3-6,16H,7-12H2,1-2H3. The van der Waals surface area contributed by atoms with Crippen LogP contribution in [0.15, 0.2) is 24.3 Å². The number of hydrogen-bond acceptors (Lipinski definition) is 3. The second-order valence-electron chi connectivity index (χ2n) is 6.22. The minimum Gasteiger partial charge on any atom is -0.491 e. The van der Waals surface area contributed by atoms with Gasteiger partial charge in [0.05, 0.1) is 24.3 Å². The molecule has 1 fully saturated rings. The number of rotatable bonds is 5. The van der Waals surface area contributed by atoms with Crippen LogP contribution in [0.25, 0.3) is 0 Å². The van der Waals surface area contributed by atoms with Gasteiger partial charge in [0.1, 0.15) is 12.4 Å². The Morgan fingerprint density at radius 1 is 1.15 bits per heavy atom. The highest BCUT2D eigenvalue weighted by molar-refractivity contribution is 5.34. The Labute approximate surface area is 121 Å². The van der Waals surface area contributed by atoms with E-state index in [2.05, 4.69) is 19.9 Å². The third-order valence-electron chi connectivity index (χ3n) is 3.98. The van der Waals surface area contributed by atoms with Crippen molar-refractivity contribution in [3.8, 4) is 11.8 Å². The number of hydrogen-bond donors (Lipinski definition) is 0. The molecule has 1 aromatic carbocycles. The van der Waals surface area contributed by atoms with E-state index in [1.807, 2.05) is 12.1 Å². The molecule has 3 nitrogen and oxygen atoms in total. The smallest absolute Gasteiger partial charge is 0.119 e. The fourth-order valence-electron chi connectivity index (χ4n) is 2.54. The van der Waals surface area contributed by atoms with Crippen LogP contribution in [0.3, 0.4) is 0 Å². The van der Waals surface area contributed by atoms with Crippen LogP contribution in [-0.4, -0.2) is 19.3 Å². The molecule has 1 saturated carbocycles. The molecule has 0 saturated heterocycles. The fourth-order valence-corrected chi connectivity index (χ4v) is 2.54. The predicted octanol–water partition coefficient (Wildman–Crippen LogP) is 3.92. The summed E-state index contributed by atoms with van der Waals surface area (Å²) in [4.78, 5) is 0. The van der Waals surface area contributed by atoms with Gasteiger partial charge in [0, 0.05) is 0 Å². The fraction of sp³-hybridized carbons (Fsp3) is 0.588. The normalized spacial score (nSPS) is 18.4. The first-order valence-electron chi connectivity index (χ1n) is 7.34. The molecule has 20 heavy (non-hydrogen) atoms. The van der Waals surface area contributed by atoms with Gasteiger partial charge in [-0.3, -0.25) is 0 Å². The first-order chi connectivity index (χ1) is 9.59. The number of benzene rings is 1. The summed E-state index contributed by atoms with van der Waals surface area (Å²) in [6.07, 6.45) is 5.20. The first kappa shape index (κ1) is 14.9. The lowest BCUT2D eigenvalue weighted by Crippen LogP contribution is -2.27. The summed E-state index contributed by atoms with van der Waals surface area (Å²) in [7, 11) is 0. The van der Waals surface area contributed by atoms with E-state index in [4.69, 9.17) is 14.7 Å². The molecule has 0 bridgehead atoms. The van der Waals surface area contributed by atoms with Crippen LogP contribution >= 0.6 is 0 Å². The highest BCUT2D eigenvalue weighted by atomic mass is 16.5. The average Bonchev–Trinajstić information content (AvgIpc) is 2.46. The van der Waals surface area contributed by atoms with E-state index in [-0.39, 0.29) is 0 Å². The maximum Gasteiger partial charge on any atom is 0.119 e. The molecular weight excluding hydrogens is 250 g/mol. The van der Waals surface area contributed by atoms with Crippen molar-refractivity contribution in [1.29, 1.82) is 5.26 Å². The molecule has 0 amide bonds. The summed E-state index contributed by atoms with van der Waals surface area (Å²) in [5.41, 5.74) is 1.14. The average molecular weight is 273 g/mol. The van der Waals surface area contributed by atoms with E-state index in [0.29, 0.717) is 30.3 Å². The first-order valence-corrected chi connectivity index (χ1v) is 7.34. The van der Waals surface area contributed by atoms with Crippen molar-refractivity contribution in [2.24, 2.45) is 5.41 Å². The van der Waals surface area contributed by atoms with Crippen LogP contribution in [0.5, 0.6) is 5.75 Å². The van der Waals surface area contributed by atoms with Gasteiger partial charge in [-0.25, -0.2) is 0 Å². The predicted molar refractivity (Wildman–Crippen MR) is 78.6 cm³/mol. The van der Waals surface area contributed by atoms with Crippen molar-refractivity contribution in [2.75, 3.05) is 13.2 Å². The molecule has 0 spiro atoms. The minimum absolute atomic E-state index is 0.396. The van der Waals surface area contributed by atoms with Crippen LogP contribution in [0, 0.1) is 16.7 Å². The second-order valence-corrected chi connectivity index (χ2v) is 6.22. The summed E-state index contributed by atoms with van der Waals surface area (Å²) in [6.45, 7) is 5.85. The molecule has 0 N–H and O–H groups in total. The lowest BCUT2D eigenvalue weighted by Gasteiger charge is -2.34. The van der Waals surface area contributed by atoms with E-state index < -0.39 is 0 Å². The quantitative estimate of drug-likeness (QED) is 0.763.